The molecule has 1 aliphatic carbocycles. The Morgan fingerprint density at radius 2 is 1.81 bits per heavy atom. The number of carbonyl (C=O) groups is 1. The van der Waals surface area contributed by atoms with E-state index in [2.05, 4.69) is 0 Å². The van der Waals surface area contributed by atoms with Crippen molar-refractivity contribution < 1.29 is 9.53 Å². The topological polar surface area (TPSA) is 26.3 Å². The Balaban J connectivity index is 2.12. The van der Waals surface area contributed by atoms with Crippen LogP contribution in [0.15, 0.2) is 30.3 Å². The Kier molecular flexibility index (Phi) is 3.97. The highest BCUT2D eigenvalue weighted by Gasteiger charge is 2.25. The van der Waals surface area contributed by atoms with E-state index in [1.807, 2.05) is 30.3 Å². The van der Waals surface area contributed by atoms with Gasteiger partial charge in [0.25, 0.3) is 6.47 Å². The molecule has 1 saturated carbocycles. The highest BCUT2D eigenvalue weighted by molar-refractivity contribution is 5.38. The van der Waals surface area contributed by atoms with E-state index >= 15 is 0 Å². The van der Waals surface area contributed by atoms with Crippen molar-refractivity contribution in [1.29, 1.82) is 0 Å². The molecule has 0 bridgehead atoms. The zero-order valence-electron chi connectivity index (χ0n) is 9.47. The van der Waals surface area contributed by atoms with Crippen LogP contribution in [0.4, 0.5) is 0 Å². The van der Waals surface area contributed by atoms with Crippen LogP contribution in [0.25, 0.3) is 0 Å². The predicted octanol–water partition coefficient (Wildman–Crippen LogP) is 3.48. The first kappa shape index (κ1) is 11.2. The lowest BCUT2D eigenvalue weighted by molar-refractivity contribution is -0.137. The standard InChI is InChI=1S/C14H18O2/c15-11-16-14(12-7-3-1-4-8-12)13-9-5-2-6-10-13/h1,3-4,7-8,11,13-14H,2,5-6,9-10H2/t14-/m0/s1. The minimum atomic E-state index is -0.0426. The summed E-state index contributed by atoms with van der Waals surface area (Å²) in [4.78, 5) is 10.6. The largest absolute Gasteiger partial charge is 0.459 e. The minimum absolute atomic E-state index is 0.0426. The summed E-state index contributed by atoms with van der Waals surface area (Å²) in [5.41, 5.74) is 1.13. The first-order chi connectivity index (χ1) is 7.92. The summed E-state index contributed by atoms with van der Waals surface area (Å²) >= 11 is 0. The van der Waals surface area contributed by atoms with Gasteiger partial charge in [0, 0.05) is 5.92 Å². The monoisotopic (exact) mass is 218 g/mol. The first-order valence-electron chi connectivity index (χ1n) is 6.06. The van der Waals surface area contributed by atoms with E-state index in [9.17, 15) is 4.79 Å². The van der Waals surface area contributed by atoms with Crippen LogP contribution < -0.4 is 0 Å². The lowest BCUT2D eigenvalue weighted by Gasteiger charge is -2.29. The summed E-state index contributed by atoms with van der Waals surface area (Å²) < 4.78 is 5.29. The van der Waals surface area contributed by atoms with Crippen LogP contribution in [0, 0.1) is 5.92 Å². The lowest BCUT2D eigenvalue weighted by Crippen LogP contribution is -2.18. The van der Waals surface area contributed by atoms with Gasteiger partial charge in [0.05, 0.1) is 0 Å². The molecule has 0 spiro atoms. The van der Waals surface area contributed by atoms with Crippen molar-refractivity contribution in [2.75, 3.05) is 0 Å². The van der Waals surface area contributed by atoms with Crippen molar-refractivity contribution >= 4 is 6.47 Å². The van der Waals surface area contributed by atoms with Gasteiger partial charge in [-0.15, -0.1) is 0 Å². The van der Waals surface area contributed by atoms with Gasteiger partial charge in [-0.1, -0.05) is 49.6 Å². The molecule has 1 fully saturated rings. The molecule has 0 saturated heterocycles. The van der Waals surface area contributed by atoms with E-state index in [1.54, 1.807) is 0 Å². The molecule has 86 valence electrons. The van der Waals surface area contributed by atoms with Gasteiger partial charge in [-0.25, -0.2) is 0 Å². The highest BCUT2D eigenvalue weighted by atomic mass is 16.5. The zero-order chi connectivity index (χ0) is 11.2. The molecule has 1 aliphatic rings. The fourth-order valence-corrected chi connectivity index (χ4v) is 2.60. The van der Waals surface area contributed by atoms with E-state index in [0.29, 0.717) is 12.4 Å². The third-order valence-corrected chi connectivity index (χ3v) is 3.41. The lowest BCUT2D eigenvalue weighted by atomic mass is 9.82. The SMILES string of the molecule is O=CO[C@@H](c1ccccc1)C1CCCCC1. The van der Waals surface area contributed by atoms with Crippen molar-refractivity contribution in [2.24, 2.45) is 5.92 Å². The summed E-state index contributed by atoms with van der Waals surface area (Å²) in [6.45, 7) is 0.590. The molecule has 0 amide bonds. The molecule has 0 heterocycles. The zero-order valence-corrected chi connectivity index (χ0v) is 9.47. The number of hydrogen-bond acceptors (Lipinski definition) is 2. The Labute approximate surface area is 96.6 Å². The number of ether oxygens (including phenoxy) is 1. The van der Waals surface area contributed by atoms with Crippen molar-refractivity contribution in [3.8, 4) is 0 Å². The molecule has 0 aromatic heterocycles. The molecule has 16 heavy (non-hydrogen) atoms. The molecule has 0 aliphatic heterocycles. The molecule has 0 unspecified atom stereocenters. The summed E-state index contributed by atoms with van der Waals surface area (Å²) in [7, 11) is 0. The summed E-state index contributed by atoms with van der Waals surface area (Å²) in [6.07, 6.45) is 6.14. The van der Waals surface area contributed by atoms with Crippen LogP contribution in [0.2, 0.25) is 0 Å². The van der Waals surface area contributed by atoms with E-state index in [1.165, 1.54) is 32.1 Å². The predicted molar refractivity (Wildman–Crippen MR) is 62.9 cm³/mol. The van der Waals surface area contributed by atoms with E-state index in [0.717, 1.165) is 5.56 Å². The molecule has 1 aromatic carbocycles. The number of rotatable bonds is 4. The Morgan fingerprint density at radius 3 is 2.44 bits per heavy atom. The second-order valence-corrected chi connectivity index (χ2v) is 4.46. The van der Waals surface area contributed by atoms with Gasteiger partial charge in [-0.2, -0.15) is 0 Å². The number of benzene rings is 1. The smallest absolute Gasteiger partial charge is 0.293 e. The normalized spacial score (nSPS) is 19.0. The van der Waals surface area contributed by atoms with Crippen LogP contribution in [-0.4, -0.2) is 6.47 Å². The maximum atomic E-state index is 10.6. The van der Waals surface area contributed by atoms with Gasteiger partial charge in [-0.05, 0) is 18.4 Å². The molecular formula is C14H18O2. The fourth-order valence-electron chi connectivity index (χ4n) is 2.60. The third-order valence-electron chi connectivity index (χ3n) is 3.41. The van der Waals surface area contributed by atoms with Crippen molar-refractivity contribution in [3.63, 3.8) is 0 Å². The van der Waals surface area contributed by atoms with Crippen LogP contribution in [0.3, 0.4) is 0 Å². The molecule has 0 radical (unpaired) electrons. The molecule has 2 nitrogen and oxygen atoms in total. The van der Waals surface area contributed by atoms with E-state index in [4.69, 9.17) is 4.74 Å². The van der Waals surface area contributed by atoms with Gasteiger partial charge in [0.15, 0.2) is 0 Å². The Morgan fingerprint density at radius 1 is 1.12 bits per heavy atom. The molecule has 2 heteroatoms. The van der Waals surface area contributed by atoms with Gasteiger partial charge in [-0.3, -0.25) is 4.79 Å². The second-order valence-electron chi connectivity index (χ2n) is 4.46. The van der Waals surface area contributed by atoms with Crippen LogP contribution in [-0.2, 0) is 9.53 Å². The average molecular weight is 218 g/mol. The molecule has 0 N–H and O–H groups in total. The van der Waals surface area contributed by atoms with Gasteiger partial charge < -0.3 is 4.74 Å². The number of hydrogen-bond donors (Lipinski definition) is 0. The summed E-state index contributed by atoms with van der Waals surface area (Å²) in [5.74, 6) is 0.501. The molecule has 1 atom stereocenters. The van der Waals surface area contributed by atoms with Crippen molar-refractivity contribution in [1.82, 2.24) is 0 Å². The van der Waals surface area contributed by atoms with E-state index < -0.39 is 0 Å². The third kappa shape index (κ3) is 2.63. The summed E-state index contributed by atoms with van der Waals surface area (Å²) in [6, 6.07) is 10.1. The minimum Gasteiger partial charge on any atom is -0.459 e. The molecule has 1 aromatic rings. The first-order valence-corrected chi connectivity index (χ1v) is 6.06. The van der Waals surface area contributed by atoms with Gasteiger partial charge in [0.2, 0.25) is 0 Å². The van der Waals surface area contributed by atoms with Crippen molar-refractivity contribution in [3.05, 3.63) is 35.9 Å². The maximum absolute atomic E-state index is 10.6. The second kappa shape index (κ2) is 5.69. The molecule has 2 rings (SSSR count). The van der Waals surface area contributed by atoms with Crippen molar-refractivity contribution in [2.45, 2.75) is 38.2 Å². The summed E-state index contributed by atoms with van der Waals surface area (Å²) in [5, 5.41) is 0. The van der Waals surface area contributed by atoms with E-state index in [-0.39, 0.29) is 6.10 Å². The average Bonchev–Trinajstić information content (AvgIpc) is 2.38. The molecular weight excluding hydrogens is 200 g/mol. The number of carbonyl (C=O) groups excluding carboxylic acids is 1. The van der Waals surface area contributed by atoms with Crippen LogP contribution in [0.5, 0.6) is 0 Å². The Hall–Kier alpha value is -1.31. The maximum Gasteiger partial charge on any atom is 0.293 e. The van der Waals surface area contributed by atoms with Gasteiger partial charge >= 0.3 is 0 Å². The fraction of sp³-hybridized carbons (Fsp3) is 0.500. The highest BCUT2D eigenvalue weighted by Crippen LogP contribution is 2.36. The quantitative estimate of drug-likeness (QED) is 0.723. The van der Waals surface area contributed by atoms with Gasteiger partial charge in [0.1, 0.15) is 6.10 Å². The Bertz CT molecular complexity index is 315. The van der Waals surface area contributed by atoms with Crippen LogP contribution in [0.1, 0.15) is 43.8 Å². The van der Waals surface area contributed by atoms with Crippen LogP contribution >= 0.6 is 0 Å².